The van der Waals surface area contributed by atoms with Crippen molar-refractivity contribution in [2.24, 2.45) is 10.9 Å². The summed E-state index contributed by atoms with van der Waals surface area (Å²) in [5, 5.41) is 2.80. The Bertz CT molecular complexity index is 825. The van der Waals surface area contributed by atoms with Gasteiger partial charge in [-0.25, -0.2) is 4.99 Å². The SMILES string of the molecule is CCOC(=O)[C@H]1C(=O)NC(N2CCN(C)CC2)=N[C@@H]1c1cc(OC)c(OC)c(OC)c1. The summed E-state index contributed by atoms with van der Waals surface area (Å²) >= 11 is 0. The van der Waals surface area contributed by atoms with Crippen LogP contribution in [0.2, 0.25) is 0 Å². The van der Waals surface area contributed by atoms with Crippen LogP contribution in [0, 0.1) is 5.92 Å². The molecule has 1 saturated heterocycles. The maximum Gasteiger partial charge on any atom is 0.321 e. The van der Waals surface area contributed by atoms with E-state index in [4.69, 9.17) is 23.9 Å². The highest BCUT2D eigenvalue weighted by atomic mass is 16.5. The molecule has 0 bridgehead atoms. The van der Waals surface area contributed by atoms with E-state index < -0.39 is 23.8 Å². The first-order valence-corrected chi connectivity index (χ1v) is 10.2. The van der Waals surface area contributed by atoms with Crippen LogP contribution >= 0.6 is 0 Å². The number of methoxy groups -OCH3 is 3. The average molecular weight is 434 g/mol. The number of nitrogens with zero attached hydrogens (tertiary/aromatic N) is 3. The number of likely N-dealkylation sites (N-methyl/N-ethyl adjacent to an activating group) is 1. The van der Waals surface area contributed by atoms with E-state index in [0.29, 0.717) is 28.8 Å². The number of hydrogen-bond acceptors (Lipinski definition) is 9. The lowest BCUT2D eigenvalue weighted by Gasteiger charge is -2.37. The van der Waals surface area contributed by atoms with Crippen molar-refractivity contribution >= 4 is 17.8 Å². The Labute approximate surface area is 182 Å². The monoisotopic (exact) mass is 434 g/mol. The summed E-state index contributed by atoms with van der Waals surface area (Å²) in [6, 6.07) is 2.63. The number of carbonyl (C=O) groups is 2. The molecule has 170 valence electrons. The molecule has 1 fully saturated rings. The molecule has 1 N–H and O–H groups in total. The van der Waals surface area contributed by atoms with E-state index in [1.54, 1.807) is 19.1 Å². The van der Waals surface area contributed by atoms with E-state index >= 15 is 0 Å². The molecule has 10 nitrogen and oxygen atoms in total. The average Bonchev–Trinajstić information content (AvgIpc) is 2.77. The quantitative estimate of drug-likeness (QED) is 0.515. The van der Waals surface area contributed by atoms with Gasteiger partial charge in [-0.05, 0) is 31.7 Å². The second-order valence-electron chi connectivity index (χ2n) is 7.37. The Morgan fingerprint density at radius 3 is 2.23 bits per heavy atom. The molecule has 1 amide bonds. The third-order valence-electron chi connectivity index (χ3n) is 5.47. The highest BCUT2D eigenvalue weighted by Crippen LogP contribution is 2.42. The molecule has 3 rings (SSSR count). The van der Waals surface area contributed by atoms with Gasteiger partial charge in [-0.2, -0.15) is 0 Å². The number of ether oxygens (including phenoxy) is 4. The van der Waals surface area contributed by atoms with E-state index in [0.717, 1.165) is 26.2 Å². The molecule has 2 atom stereocenters. The molecule has 1 aromatic rings. The molecule has 0 radical (unpaired) electrons. The van der Waals surface area contributed by atoms with Crippen LogP contribution in [0.4, 0.5) is 0 Å². The molecule has 2 aliphatic heterocycles. The van der Waals surface area contributed by atoms with E-state index in [9.17, 15) is 9.59 Å². The minimum atomic E-state index is -1.13. The van der Waals surface area contributed by atoms with Gasteiger partial charge in [0, 0.05) is 26.2 Å². The normalized spacial score (nSPS) is 21.8. The number of nitrogens with one attached hydrogen (secondary N) is 1. The molecular formula is C21H30N4O6. The Balaban J connectivity index is 2.07. The minimum absolute atomic E-state index is 0.166. The van der Waals surface area contributed by atoms with Crippen molar-refractivity contribution in [2.75, 3.05) is 61.2 Å². The van der Waals surface area contributed by atoms with Crippen molar-refractivity contribution in [3.63, 3.8) is 0 Å². The molecule has 2 aliphatic rings. The first-order chi connectivity index (χ1) is 14.9. The Kier molecular flexibility index (Phi) is 7.21. The van der Waals surface area contributed by atoms with Gasteiger partial charge in [-0.3, -0.25) is 14.9 Å². The lowest BCUT2D eigenvalue weighted by atomic mass is 9.90. The van der Waals surface area contributed by atoms with E-state index in [1.807, 2.05) is 11.9 Å². The van der Waals surface area contributed by atoms with Gasteiger partial charge < -0.3 is 28.7 Å². The van der Waals surface area contributed by atoms with Crippen molar-refractivity contribution in [1.82, 2.24) is 15.1 Å². The maximum atomic E-state index is 13.0. The summed E-state index contributed by atoms with van der Waals surface area (Å²) in [4.78, 5) is 34.7. The van der Waals surface area contributed by atoms with Gasteiger partial charge in [-0.1, -0.05) is 0 Å². The lowest BCUT2D eigenvalue weighted by molar-refractivity contribution is -0.153. The summed E-state index contributed by atoms with van der Waals surface area (Å²) < 4.78 is 21.5. The molecular weight excluding hydrogens is 404 g/mol. The Hall–Kier alpha value is -3.01. The predicted octanol–water partition coefficient (Wildman–Crippen LogP) is 0.666. The number of guanidine groups is 1. The van der Waals surface area contributed by atoms with Crippen molar-refractivity contribution in [3.8, 4) is 17.2 Å². The lowest BCUT2D eigenvalue weighted by Crippen LogP contribution is -2.56. The van der Waals surface area contributed by atoms with Gasteiger partial charge in [0.1, 0.15) is 6.04 Å². The van der Waals surface area contributed by atoms with Crippen LogP contribution in [0.1, 0.15) is 18.5 Å². The standard InChI is InChI=1S/C21H30N4O6/c1-6-31-20(27)16-17(13-11-14(28-3)18(30-5)15(12-13)29-4)22-21(23-19(16)26)25-9-7-24(2)8-10-25/h11-12,16-17H,6-10H2,1-5H3,(H,22,23,26)/t16-,17-/m1/s1. The van der Waals surface area contributed by atoms with E-state index in [2.05, 4.69) is 10.2 Å². The molecule has 0 saturated carbocycles. The second-order valence-corrected chi connectivity index (χ2v) is 7.37. The smallest absolute Gasteiger partial charge is 0.321 e. The van der Waals surface area contributed by atoms with Crippen LogP contribution in [0.15, 0.2) is 17.1 Å². The number of rotatable bonds is 6. The Morgan fingerprint density at radius 2 is 1.71 bits per heavy atom. The molecule has 31 heavy (non-hydrogen) atoms. The van der Waals surface area contributed by atoms with Crippen LogP contribution in [0.5, 0.6) is 17.2 Å². The summed E-state index contributed by atoms with van der Waals surface area (Å²) in [7, 11) is 6.58. The zero-order valence-electron chi connectivity index (χ0n) is 18.6. The Morgan fingerprint density at radius 1 is 1.10 bits per heavy atom. The van der Waals surface area contributed by atoms with Gasteiger partial charge in [0.15, 0.2) is 17.4 Å². The van der Waals surface area contributed by atoms with Crippen molar-refractivity contribution in [3.05, 3.63) is 17.7 Å². The van der Waals surface area contributed by atoms with Crippen LogP contribution in [-0.4, -0.2) is 88.8 Å². The molecule has 1 aromatic carbocycles. The number of aliphatic imine (C=N–C) groups is 1. The number of carbonyl (C=O) groups excluding carboxylic acids is 2. The van der Waals surface area contributed by atoms with Crippen LogP contribution in [0.25, 0.3) is 0 Å². The van der Waals surface area contributed by atoms with Crippen molar-refractivity contribution in [1.29, 1.82) is 0 Å². The van der Waals surface area contributed by atoms with Gasteiger partial charge >= 0.3 is 5.97 Å². The maximum absolute atomic E-state index is 13.0. The first-order valence-electron chi connectivity index (χ1n) is 10.2. The molecule has 0 aromatic heterocycles. The van der Waals surface area contributed by atoms with Gasteiger partial charge in [0.25, 0.3) is 0 Å². The fourth-order valence-corrected chi connectivity index (χ4v) is 3.76. The van der Waals surface area contributed by atoms with E-state index in [1.165, 1.54) is 21.3 Å². The van der Waals surface area contributed by atoms with Crippen LogP contribution in [0.3, 0.4) is 0 Å². The molecule has 2 heterocycles. The van der Waals surface area contributed by atoms with Crippen molar-refractivity contribution < 1.29 is 28.5 Å². The predicted molar refractivity (Wildman–Crippen MR) is 114 cm³/mol. The van der Waals surface area contributed by atoms with Gasteiger partial charge in [-0.15, -0.1) is 0 Å². The fraction of sp³-hybridized carbons (Fsp3) is 0.571. The number of amides is 1. The number of esters is 1. The second kappa shape index (κ2) is 9.86. The van der Waals surface area contributed by atoms with Crippen LogP contribution in [-0.2, 0) is 14.3 Å². The zero-order chi connectivity index (χ0) is 22.5. The summed E-state index contributed by atoms with van der Waals surface area (Å²) in [6.45, 7) is 5.02. The third kappa shape index (κ3) is 4.68. The topological polar surface area (TPSA) is 102 Å². The number of hydrogen-bond donors (Lipinski definition) is 1. The largest absolute Gasteiger partial charge is 0.493 e. The summed E-state index contributed by atoms with van der Waals surface area (Å²) in [6.07, 6.45) is 0. The molecule has 0 spiro atoms. The minimum Gasteiger partial charge on any atom is -0.493 e. The fourth-order valence-electron chi connectivity index (χ4n) is 3.76. The molecule has 10 heteroatoms. The highest BCUT2D eigenvalue weighted by molar-refractivity contribution is 6.08. The highest BCUT2D eigenvalue weighted by Gasteiger charge is 2.42. The summed E-state index contributed by atoms with van der Waals surface area (Å²) in [5.74, 6) is -0.481. The third-order valence-corrected chi connectivity index (χ3v) is 5.47. The van der Waals surface area contributed by atoms with Crippen LogP contribution < -0.4 is 19.5 Å². The summed E-state index contributed by atoms with van der Waals surface area (Å²) in [5.41, 5.74) is 0.592. The zero-order valence-corrected chi connectivity index (χ0v) is 18.6. The number of piperazine rings is 1. The van der Waals surface area contributed by atoms with E-state index in [-0.39, 0.29) is 6.61 Å². The van der Waals surface area contributed by atoms with Gasteiger partial charge in [0.05, 0.1) is 27.9 Å². The van der Waals surface area contributed by atoms with Crippen molar-refractivity contribution in [2.45, 2.75) is 13.0 Å². The molecule has 0 unspecified atom stereocenters. The first kappa shape index (κ1) is 22.7. The van der Waals surface area contributed by atoms with Gasteiger partial charge in [0.2, 0.25) is 17.6 Å². The number of benzene rings is 1. The molecule has 0 aliphatic carbocycles.